The lowest BCUT2D eigenvalue weighted by Crippen LogP contribution is -2.42. The molecule has 1 amide bonds. The fourth-order valence-corrected chi connectivity index (χ4v) is 2.03. The van der Waals surface area contributed by atoms with Crippen molar-refractivity contribution < 1.29 is 19.4 Å². The van der Waals surface area contributed by atoms with Gasteiger partial charge in [0.25, 0.3) is 0 Å². The summed E-state index contributed by atoms with van der Waals surface area (Å²) in [7, 11) is 0. The van der Waals surface area contributed by atoms with Crippen molar-refractivity contribution in [2.24, 2.45) is 0 Å². The molecule has 0 aliphatic heterocycles. The number of benzene rings is 1. The summed E-state index contributed by atoms with van der Waals surface area (Å²) in [5, 5.41) is 12.9. The Morgan fingerprint density at radius 2 is 2.21 bits per heavy atom. The van der Waals surface area contributed by atoms with Crippen molar-refractivity contribution >= 4 is 35.6 Å². The number of rotatable bonds is 6. The third kappa shape index (κ3) is 4.09. The number of aliphatic hydroxyl groups is 1. The van der Waals surface area contributed by atoms with Crippen LogP contribution in [0, 0.1) is 0 Å². The lowest BCUT2D eigenvalue weighted by molar-refractivity contribution is -0.149. The number of hydrogen-bond donors (Lipinski definition) is 2. The van der Waals surface area contributed by atoms with Crippen LogP contribution < -0.4 is 5.32 Å². The predicted octanol–water partition coefficient (Wildman–Crippen LogP) is 1.70. The van der Waals surface area contributed by atoms with E-state index < -0.39 is 18.1 Å². The van der Waals surface area contributed by atoms with E-state index in [0.29, 0.717) is 11.4 Å². The molecule has 0 aromatic heterocycles. The second kappa shape index (κ2) is 7.33. The molecule has 2 N–H and O–H groups in total. The monoisotopic (exact) mass is 305 g/mol. The van der Waals surface area contributed by atoms with E-state index in [0.717, 1.165) is 0 Å². The minimum Gasteiger partial charge on any atom is -0.464 e. The molecular weight excluding hydrogens is 293 g/mol. The summed E-state index contributed by atoms with van der Waals surface area (Å²) >= 11 is 11.7. The van der Waals surface area contributed by atoms with Crippen LogP contribution in [0.25, 0.3) is 0 Å². The first-order chi connectivity index (χ1) is 9.01. The van der Waals surface area contributed by atoms with Gasteiger partial charge >= 0.3 is 5.97 Å². The number of nitrogens with one attached hydrogen (secondary N) is 1. The molecule has 0 spiro atoms. The summed E-state index contributed by atoms with van der Waals surface area (Å²) < 4.78 is 4.77. The average Bonchev–Trinajstić information content (AvgIpc) is 2.35. The highest BCUT2D eigenvalue weighted by molar-refractivity contribution is 6.35. The quantitative estimate of drug-likeness (QED) is 0.619. The molecule has 1 aromatic rings. The number of amides is 1. The molecule has 0 aliphatic rings. The maximum Gasteiger partial charge on any atom is 0.331 e. The van der Waals surface area contributed by atoms with Crippen molar-refractivity contribution in [1.29, 1.82) is 0 Å². The standard InChI is InChI=1S/C12H13Cl2NO4/c1-2-19-12(18)10(15-6-16)11(17)8-4-3-7(13)5-9(8)14/h3-6,10-11,17H,2H2,1H3,(H,15,16). The van der Waals surface area contributed by atoms with Gasteiger partial charge in [0.05, 0.1) is 6.61 Å². The van der Waals surface area contributed by atoms with E-state index in [1.54, 1.807) is 6.92 Å². The van der Waals surface area contributed by atoms with Crippen LogP contribution in [-0.4, -0.2) is 30.1 Å². The highest BCUT2D eigenvalue weighted by Gasteiger charge is 2.30. The molecule has 19 heavy (non-hydrogen) atoms. The fraction of sp³-hybridized carbons (Fsp3) is 0.333. The lowest BCUT2D eigenvalue weighted by atomic mass is 10.0. The SMILES string of the molecule is CCOC(=O)C(NC=O)C(O)c1ccc(Cl)cc1Cl. The van der Waals surface area contributed by atoms with Crippen molar-refractivity contribution in [3.8, 4) is 0 Å². The summed E-state index contributed by atoms with van der Waals surface area (Å²) in [5.41, 5.74) is 0.276. The van der Waals surface area contributed by atoms with Crippen LogP contribution in [0.15, 0.2) is 18.2 Å². The number of ether oxygens (including phenoxy) is 1. The maximum absolute atomic E-state index is 11.7. The van der Waals surface area contributed by atoms with Gasteiger partial charge in [0, 0.05) is 15.6 Å². The molecule has 0 saturated heterocycles. The lowest BCUT2D eigenvalue weighted by Gasteiger charge is -2.21. The van der Waals surface area contributed by atoms with Gasteiger partial charge < -0.3 is 15.2 Å². The Morgan fingerprint density at radius 3 is 2.74 bits per heavy atom. The summed E-state index contributed by atoms with van der Waals surface area (Å²) in [6.45, 7) is 1.76. The first-order valence-corrected chi connectivity index (χ1v) is 6.26. The van der Waals surface area contributed by atoms with Crippen LogP contribution in [0.3, 0.4) is 0 Å². The van der Waals surface area contributed by atoms with Gasteiger partial charge in [-0.3, -0.25) is 4.79 Å². The number of aliphatic hydroxyl groups excluding tert-OH is 1. The molecule has 0 fully saturated rings. The van der Waals surface area contributed by atoms with Crippen molar-refractivity contribution in [2.45, 2.75) is 19.1 Å². The molecule has 0 heterocycles. The number of halogens is 2. The predicted molar refractivity (Wildman–Crippen MR) is 71.0 cm³/mol. The Labute approximate surface area is 120 Å². The van der Waals surface area contributed by atoms with Gasteiger partial charge in [-0.15, -0.1) is 0 Å². The molecule has 104 valence electrons. The zero-order chi connectivity index (χ0) is 14.4. The van der Waals surface area contributed by atoms with Crippen LogP contribution in [0.5, 0.6) is 0 Å². The third-order valence-electron chi connectivity index (χ3n) is 2.39. The van der Waals surface area contributed by atoms with Gasteiger partial charge in [-0.2, -0.15) is 0 Å². The fourth-order valence-electron chi connectivity index (χ4n) is 1.51. The molecule has 0 aliphatic carbocycles. The van der Waals surface area contributed by atoms with E-state index in [1.807, 2.05) is 0 Å². The molecule has 0 saturated carbocycles. The summed E-state index contributed by atoms with van der Waals surface area (Å²) in [4.78, 5) is 22.2. The van der Waals surface area contributed by atoms with E-state index in [1.165, 1.54) is 18.2 Å². The first-order valence-electron chi connectivity index (χ1n) is 5.50. The highest BCUT2D eigenvalue weighted by atomic mass is 35.5. The van der Waals surface area contributed by atoms with Gasteiger partial charge in [0.1, 0.15) is 6.10 Å². The molecule has 2 unspecified atom stereocenters. The molecule has 5 nitrogen and oxygen atoms in total. The van der Waals surface area contributed by atoms with Crippen LogP contribution in [0.1, 0.15) is 18.6 Å². The zero-order valence-corrected chi connectivity index (χ0v) is 11.6. The molecule has 1 rings (SSSR count). The van der Waals surface area contributed by atoms with Gasteiger partial charge in [-0.1, -0.05) is 29.3 Å². The summed E-state index contributed by atoms with van der Waals surface area (Å²) in [5.74, 6) is -0.742. The average molecular weight is 306 g/mol. The second-order valence-electron chi connectivity index (χ2n) is 3.62. The molecule has 2 atom stereocenters. The molecule has 0 bridgehead atoms. The Bertz CT molecular complexity index is 467. The van der Waals surface area contributed by atoms with Crippen molar-refractivity contribution in [3.63, 3.8) is 0 Å². The van der Waals surface area contributed by atoms with E-state index in [9.17, 15) is 14.7 Å². The third-order valence-corrected chi connectivity index (χ3v) is 2.95. The normalized spacial score (nSPS) is 13.5. The highest BCUT2D eigenvalue weighted by Crippen LogP contribution is 2.28. The van der Waals surface area contributed by atoms with Crippen LogP contribution in [0.2, 0.25) is 10.0 Å². The number of carbonyl (C=O) groups excluding carboxylic acids is 2. The first kappa shape index (κ1) is 15.8. The van der Waals surface area contributed by atoms with Crippen LogP contribution in [-0.2, 0) is 14.3 Å². The molecule has 0 radical (unpaired) electrons. The van der Waals surface area contributed by atoms with Crippen molar-refractivity contribution in [1.82, 2.24) is 5.32 Å². The van der Waals surface area contributed by atoms with Crippen LogP contribution >= 0.6 is 23.2 Å². The van der Waals surface area contributed by atoms with Crippen molar-refractivity contribution in [3.05, 3.63) is 33.8 Å². The number of hydrogen-bond acceptors (Lipinski definition) is 4. The Balaban J connectivity index is 3.01. The molecule has 1 aromatic carbocycles. The smallest absolute Gasteiger partial charge is 0.331 e. The second-order valence-corrected chi connectivity index (χ2v) is 4.47. The Morgan fingerprint density at radius 1 is 1.53 bits per heavy atom. The molecule has 7 heteroatoms. The van der Waals surface area contributed by atoms with E-state index in [2.05, 4.69) is 5.32 Å². The van der Waals surface area contributed by atoms with Gasteiger partial charge in [-0.25, -0.2) is 4.79 Å². The minimum atomic E-state index is -1.32. The summed E-state index contributed by atoms with van der Waals surface area (Å²) in [6, 6.07) is 3.21. The minimum absolute atomic E-state index is 0.136. The van der Waals surface area contributed by atoms with E-state index in [-0.39, 0.29) is 17.2 Å². The van der Waals surface area contributed by atoms with Gasteiger partial charge in [-0.05, 0) is 19.1 Å². The van der Waals surface area contributed by atoms with Crippen molar-refractivity contribution in [2.75, 3.05) is 6.61 Å². The Hall–Kier alpha value is -1.30. The van der Waals surface area contributed by atoms with Gasteiger partial charge in [0.15, 0.2) is 6.04 Å². The Kier molecular flexibility index (Phi) is 6.08. The van der Waals surface area contributed by atoms with E-state index >= 15 is 0 Å². The van der Waals surface area contributed by atoms with E-state index in [4.69, 9.17) is 27.9 Å². The topological polar surface area (TPSA) is 75.6 Å². The number of carbonyl (C=O) groups is 2. The summed E-state index contributed by atoms with van der Waals surface area (Å²) in [6.07, 6.45) is -1.01. The maximum atomic E-state index is 11.7. The van der Waals surface area contributed by atoms with Gasteiger partial charge in [0.2, 0.25) is 6.41 Å². The zero-order valence-electron chi connectivity index (χ0n) is 10.1. The van der Waals surface area contributed by atoms with Crippen LogP contribution in [0.4, 0.5) is 0 Å². The molecular formula is C12H13Cl2NO4. The largest absolute Gasteiger partial charge is 0.464 e. The number of esters is 1.